The number of hydrogen-bond donors (Lipinski definition) is 2. The summed E-state index contributed by atoms with van der Waals surface area (Å²) in [5.41, 5.74) is 7.14. The molecule has 1 aromatic heterocycles. The topological polar surface area (TPSA) is 109 Å². The number of hydrogen-bond acceptors (Lipinski definition) is 5. The summed E-state index contributed by atoms with van der Waals surface area (Å²) < 4.78 is 0. The summed E-state index contributed by atoms with van der Waals surface area (Å²) in [6.45, 7) is 1.55. The van der Waals surface area contributed by atoms with Crippen molar-refractivity contribution in [1.29, 1.82) is 0 Å². The number of pyridine rings is 1. The molecular formula is C25H31N5O3. The second-order valence-electron chi connectivity index (χ2n) is 8.73. The van der Waals surface area contributed by atoms with E-state index >= 15 is 0 Å². The van der Waals surface area contributed by atoms with Crippen molar-refractivity contribution in [3.63, 3.8) is 0 Å². The first-order valence-electron chi connectivity index (χ1n) is 11.6. The smallest absolute Gasteiger partial charge is 0.256 e. The van der Waals surface area contributed by atoms with Crippen LogP contribution in [0.25, 0.3) is 0 Å². The van der Waals surface area contributed by atoms with Gasteiger partial charge >= 0.3 is 0 Å². The Bertz CT molecular complexity index is 965. The number of benzene rings is 1. The molecule has 0 radical (unpaired) electrons. The standard InChI is InChI=1S/C25H31N5O3/c26-11-13-28-23(31)22-15-21(17-30(22)25(33)20-7-4-12-27-16-20)29(24(32)19-8-9-19)14-10-18-5-2-1-3-6-18/h1-7,12,16,19,21-22H,8-11,13-15,17,26H2,(H,28,31). The first-order valence-corrected chi connectivity index (χ1v) is 11.6. The molecule has 174 valence electrons. The highest BCUT2D eigenvalue weighted by Gasteiger charge is 2.45. The molecule has 2 aliphatic rings. The molecule has 2 unspecified atom stereocenters. The Hall–Kier alpha value is -3.26. The van der Waals surface area contributed by atoms with E-state index in [1.165, 1.54) is 6.20 Å². The largest absolute Gasteiger partial charge is 0.353 e. The van der Waals surface area contributed by atoms with E-state index in [0.29, 0.717) is 38.2 Å². The number of nitrogens with one attached hydrogen (secondary N) is 1. The summed E-state index contributed by atoms with van der Waals surface area (Å²) in [6.07, 6.45) is 6.08. The molecule has 3 N–H and O–H groups in total. The van der Waals surface area contributed by atoms with Gasteiger partial charge in [0.15, 0.2) is 0 Å². The maximum absolute atomic E-state index is 13.3. The van der Waals surface area contributed by atoms with Crippen LogP contribution >= 0.6 is 0 Å². The molecule has 1 aromatic carbocycles. The van der Waals surface area contributed by atoms with Crippen LogP contribution in [0, 0.1) is 5.92 Å². The Morgan fingerprint density at radius 1 is 1.12 bits per heavy atom. The van der Waals surface area contributed by atoms with Crippen molar-refractivity contribution in [2.24, 2.45) is 11.7 Å². The Morgan fingerprint density at radius 2 is 1.91 bits per heavy atom. The minimum Gasteiger partial charge on any atom is -0.353 e. The first kappa shape index (κ1) is 22.9. The fourth-order valence-corrected chi connectivity index (χ4v) is 4.41. The highest BCUT2D eigenvalue weighted by Crippen LogP contribution is 2.34. The van der Waals surface area contributed by atoms with Gasteiger partial charge in [0.1, 0.15) is 6.04 Å². The Kier molecular flexibility index (Phi) is 7.34. The molecule has 0 spiro atoms. The number of aromatic nitrogens is 1. The molecule has 8 nitrogen and oxygen atoms in total. The summed E-state index contributed by atoms with van der Waals surface area (Å²) in [5, 5.41) is 2.82. The summed E-state index contributed by atoms with van der Waals surface area (Å²) in [6, 6.07) is 12.6. The normalized spacial score (nSPS) is 19.8. The van der Waals surface area contributed by atoms with E-state index in [-0.39, 0.29) is 29.7 Å². The lowest BCUT2D eigenvalue weighted by Crippen LogP contribution is -2.47. The zero-order chi connectivity index (χ0) is 23.2. The van der Waals surface area contributed by atoms with E-state index in [4.69, 9.17) is 5.73 Å². The van der Waals surface area contributed by atoms with Gasteiger partial charge in [0.2, 0.25) is 11.8 Å². The van der Waals surface area contributed by atoms with Gasteiger partial charge in [-0.15, -0.1) is 0 Å². The van der Waals surface area contributed by atoms with Crippen molar-refractivity contribution in [2.45, 2.75) is 37.8 Å². The van der Waals surface area contributed by atoms with Crippen LogP contribution in [-0.2, 0) is 16.0 Å². The van der Waals surface area contributed by atoms with Gasteiger partial charge in [-0.05, 0) is 43.4 Å². The molecule has 2 aromatic rings. The van der Waals surface area contributed by atoms with Crippen LogP contribution in [0.1, 0.15) is 35.2 Å². The maximum Gasteiger partial charge on any atom is 0.256 e. The molecule has 1 saturated carbocycles. The van der Waals surface area contributed by atoms with Crippen LogP contribution in [0.2, 0.25) is 0 Å². The van der Waals surface area contributed by atoms with E-state index in [0.717, 1.165) is 24.8 Å². The second kappa shape index (κ2) is 10.6. The van der Waals surface area contributed by atoms with Gasteiger partial charge in [-0.3, -0.25) is 19.4 Å². The summed E-state index contributed by atoms with van der Waals surface area (Å²) in [4.78, 5) is 47.0. The lowest BCUT2D eigenvalue weighted by atomic mass is 10.1. The van der Waals surface area contributed by atoms with E-state index in [2.05, 4.69) is 22.4 Å². The molecule has 4 rings (SSSR count). The van der Waals surface area contributed by atoms with Gasteiger partial charge in [0, 0.05) is 44.5 Å². The number of rotatable bonds is 9. The molecule has 2 atom stereocenters. The number of carbonyl (C=O) groups excluding carboxylic acids is 3. The first-order chi connectivity index (χ1) is 16.1. The zero-order valence-corrected chi connectivity index (χ0v) is 18.7. The number of carbonyl (C=O) groups is 3. The highest BCUT2D eigenvalue weighted by molar-refractivity contribution is 5.98. The van der Waals surface area contributed by atoms with Crippen LogP contribution in [-0.4, -0.2) is 70.8 Å². The summed E-state index contributed by atoms with van der Waals surface area (Å²) >= 11 is 0. The van der Waals surface area contributed by atoms with Crippen molar-refractivity contribution in [3.8, 4) is 0 Å². The second-order valence-corrected chi connectivity index (χ2v) is 8.73. The van der Waals surface area contributed by atoms with E-state index in [9.17, 15) is 14.4 Å². The van der Waals surface area contributed by atoms with Gasteiger partial charge in [0.25, 0.3) is 5.91 Å². The number of nitrogens with zero attached hydrogens (tertiary/aromatic N) is 3. The fourth-order valence-electron chi connectivity index (χ4n) is 4.41. The molecule has 3 amide bonds. The Labute approximate surface area is 194 Å². The average Bonchev–Trinajstić information content (AvgIpc) is 3.62. The highest BCUT2D eigenvalue weighted by atomic mass is 16.2. The minimum absolute atomic E-state index is 0.0633. The van der Waals surface area contributed by atoms with Crippen LogP contribution in [0.4, 0.5) is 0 Å². The number of nitrogens with two attached hydrogens (primary N) is 1. The predicted octanol–water partition coefficient (Wildman–Crippen LogP) is 1.22. The van der Waals surface area contributed by atoms with Gasteiger partial charge in [-0.1, -0.05) is 30.3 Å². The quantitative estimate of drug-likeness (QED) is 0.598. The molecule has 1 saturated heterocycles. The molecule has 2 heterocycles. The predicted molar refractivity (Wildman–Crippen MR) is 124 cm³/mol. The van der Waals surface area contributed by atoms with Gasteiger partial charge in [-0.2, -0.15) is 0 Å². The van der Waals surface area contributed by atoms with Crippen LogP contribution in [0.15, 0.2) is 54.9 Å². The zero-order valence-electron chi connectivity index (χ0n) is 18.7. The molecule has 8 heteroatoms. The number of likely N-dealkylation sites (tertiary alicyclic amines) is 1. The fraction of sp³-hybridized carbons (Fsp3) is 0.440. The average molecular weight is 450 g/mol. The molecule has 1 aliphatic carbocycles. The van der Waals surface area contributed by atoms with Crippen molar-refractivity contribution in [3.05, 3.63) is 66.0 Å². The van der Waals surface area contributed by atoms with Gasteiger partial charge in [-0.25, -0.2) is 0 Å². The van der Waals surface area contributed by atoms with Crippen molar-refractivity contribution in [2.75, 3.05) is 26.2 Å². The third-order valence-corrected chi connectivity index (χ3v) is 6.33. The third-order valence-electron chi connectivity index (χ3n) is 6.33. The van der Waals surface area contributed by atoms with Crippen LogP contribution in [0.5, 0.6) is 0 Å². The summed E-state index contributed by atoms with van der Waals surface area (Å²) in [5.74, 6) is -0.288. The Balaban J connectivity index is 1.55. The van der Waals surface area contributed by atoms with Crippen molar-refractivity contribution < 1.29 is 14.4 Å². The molecule has 2 fully saturated rings. The van der Waals surface area contributed by atoms with E-state index < -0.39 is 6.04 Å². The van der Waals surface area contributed by atoms with Crippen molar-refractivity contribution in [1.82, 2.24) is 20.1 Å². The lowest BCUT2D eigenvalue weighted by Gasteiger charge is -2.29. The molecular weight excluding hydrogens is 418 g/mol. The van der Waals surface area contributed by atoms with Gasteiger partial charge in [0.05, 0.1) is 11.6 Å². The van der Waals surface area contributed by atoms with Crippen molar-refractivity contribution >= 4 is 17.7 Å². The van der Waals surface area contributed by atoms with E-state index in [1.807, 2.05) is 23.1 Å². The van der Waals surface area contributed by atoms with Crippen LogP contribution < -0.4 is 11.1 Å². The summed E-state index contributed by atoms with van der Waals surface area (Å²) in [7, 11) is 0. The molecule has 1 aliphatic heterocycles. The molecule has 33 heavy (non-hydrogen) atoms. The monoisotopic (exact) mass is 449 g/mol. The maximum atomic E-state index is 13.3. The SMILES string of the molecule is NCCNC(=O)C1CC(N(CCc2ccccc2)C(=O)C2CC2)CN1C(=O)c1cccnc1. The van der Waals surface area contributed by atoms with Gasteiger partial charge < -0.3 is 20.9 Å². The minimum atomic E-state index is -0.652. The van der Waals surface area contributed by atoms with Crippen LogP contribution in [0.3, 0.4) is 0 Å². The number of amides is 3. The lowest BCUT2D eigenvalue weighted by molar-refractivity contribution is -0.135. The molecule has 0 bridgehead atoms. The van der Waals surface area contributed by atoms with E-state index in [1.54, 1.807) is 23.2 Å². The Morgan fingerprint density at radius 3 is 2.58 bits per heavy atom. The third kappa shape index (κ3) is 5.57.